The maximum absolute atomic E-state index is 11.4. The predicted octanol–water partition coefficient (Wildman–Crippen LogP) is 5.06. The van der Waals surface area contributed by atoms with Crippen LogP contribution in [0.1, 0.15) is 84.0 Å². The quantitative estimate of drug-likeness (QED) is 0.339. The molecule has 1 radical (unpaired) electrons. The predicted molar refractivity (Wildman–Crippen MR) is 77.4 cm³/mol. The van der Waals surface area contributed by atoms with E-state index < -0.39 is 0 Å². The third-order valence-corrected chi connectivity index (χ3v) is 3.14. The van der Waals surface area contributed by atoms with Crippen LogP contribution in [0.5, 0.6) is 0 Å². The van der Waals surface area contributed by atoms with Gasteiger partial charge in [0, 0.05) is 6.42 Å². The van der Waals surface area contributed by atoms with E-state index in [1.807, 2.05) is 0 Å². The van der Waals surface area contributed by atoms with Gasteiger partial charge in [-0.2, -0.15) is 0 Å². The van der Waals surface area contributed by atoms with Crippen molar-refractivity contribution in [3.8, 4) is 0 Å². The lowest BCUT2D eigenvalue weighted by Gasteiger charge is -2.04. The molecule has 2 nitrogen and oxygen atoms in total. The fourth-order valence-corrected chi connectivity index (χ4v) is 1.94. The number of carbonyl (C=O) groups is 1. The Hall–Kier alpha value is -0.530. The fourth-order valence-electron chi connectivity index (χ4n) is 1.94. The monoisotopic (exact) mass is 255 g/mol. The number of esters is 1. The highest BCUT2D eigenvalue weighted by atomic mass is 16.5. The Kier molecular flexibility index (Phi) is 14.1. The number of rotatable bonds is 13. The van der Waals surface area contributed by atoms with E-state index in [4.69, 9.17) is 4.74 Å². The highest BCUT2D eigenvalue weighted by Crippen LogP contribution is 2.07. The molecule has 0 fully saturated rings. The molecule has 0 rings (SSSR count). The first-order chi connectivity index (χ1) is 8.81. The second kappa shape index (κ2) is 14.5. The SMILES string of the molecule is [CH2]CCCCCCCCOC(=O)CCCCCC. The first-order valence-electron chi connectivity index (χ1n) is 7.76. The number of ether oxygens (including phenoxy) is 1. The van der Waals surface area contributed by atoms with Gasteiger partial charge in [0.05, 0.1) is 6.61 Å². The van der Waals surface area contributed by atoms with Gasteiger partial charge < -0.3 is 4.74 Å². The highest BCUT2D eigenvalue weighted by Gasteiger charge is 2.01. The van der Waals surface area contributed by atoms with E-state index in [-0.39, 0.29) is 5.97 Å². The van der Waals surface area contributed by atoms with Crippen molar-refractivity contribution in [1.82, 2.24) is 0 Å². The summed E-state index contributed by atoms with van der Waals surface area (Å²) in [5.41, 5.74) is 0. The van der Waals surface area contributed by atoms with Crippen LogP contribution < -0.4 is 0 Å². The van der Waals surface area contributed by atoms with Crippen molar-refractivity contribution in [3.05, 3.63) is 6.92 Å². The van der Waals surface area contributed by atoms with Gasteiger partial charge in [0.1, 0.15) is 0 Å². The van der Waals surface area contributed by atoms with Gasteiger partial charge >= 0.3 is 5.97 Å². The average molecular weight is 255 g/mol. The Balaban J connectivity index is 3.10. The van der Waals surface area contributed by atoms with Crippen molar-refractivity contribution < 1.29 is 9.53 Å². The lowest BCUT2D eigenvalue weighted by molar-refractivity contribution is -0.143. The molecule has 0 aromatic carbocycles. The molecule has 0 atom stereocenters. The van der Waals surface area contributed by atoms with E-state index in [2.05, 4.69) is 13.8 Å². The maximum atomic E-state index is 11.4. The molecule has 0 aliphatic heterocycles. The Morgan fingerprint density at radius 2 is 1.50 bits per heavy atom. The smallest absolute Gasteiger partial charge is 0.305 e. The van der Waals surface area contributed by atoms with Crippen LogP contribution in [0, 0.1) is 6.92 Å². The van der Waals surface area contributed by atoms with Crippen molar-refractivity contribution in [2.45, 2.75) is 84.0 Å². The Morgan fingerprint density at radius 1 is 0.889 bits per heavy atom. The average Bonchev–Trinajstić information content (AvgIpc) is 2.38. The lowest BCUT2D eigenvalue weighted by Crippen LogP contribution is -2.05. The number of hydrogen-bond donors (Lipinski definition) is 0. The summed E-state index contributed by atoms with van der Waals surface area (Å²) in [5, 5.41) is 0. The van der Waals surface area contributed by atoms with Gasteiger partial charge in [-0.15, -0.1) is 0 Å². The topological polar surface area (TPSA) is 26.3 Å². The summed E-state index contributed by atoms with van der Waals surface area (Å²) in [4.78, 5) is 11.4. The zero-order valence-electron chi connectivity index (χ0n) is 12.2. The molecule has 0 heterocycles. The minimum Gasteiger partial charge on any atom is -0.466 e. The molecular formula is C16H31O2. The van der Waals surface area contributed by atoms with Gasteiger partial charge in [0.25, 0.3) is 0 Å². The number of carbonyl (C=O) groups excluding carboxylic acids is 1. The molecule has 0 saturated heterocycles. The first kappa shape index (κ1) is 17.5. The van der Waals surface area contributed by atoms with Crippen molar-refractivity contribution in [1.29, 1.82) is 0 Å². The molecule has 0 unspecified atom stereocenters. The van der Waals surface area contributed by atoms with E-state index in [1.165, 1.54) is 44.9 Å². The van der Waals surface area contributed by atoms with Gasteiger partial charge in [0.2, 0.25) is 0 Å². The lowest BCUT2D eigenvalue weighted by atomic mass is 10.1. The maximum Gasteiger partial charge on any atom is 0.305 e. The van der Waals surface area contributed by atoms with Crippen LogP contribution in [0.25, 0.3) is 0 Å². The summed E-state index contributed by atoms with van der Waals surface area (Å²) in [6.07, 6.45) is 13.5. The molecule has 0 amide bonds. The molecule has 0 saturated carbocycles. The second-order valence-electron chi connectivity index (χ2n) is 5.01. The minimum atomic E-state index is -0.0110. The Morgan fingerprint density at radius 3 is 2.17 bits per heavy atom. The zero-order chi connectivity index (χ0) is 13.5. The van der Waals surface area contributed by atoms with Crippen LogP contribution in [0.3, 0.4) is 0 Å². The summed E-state index contributed by atoms with van der Waals surface area (Å²) < 4.78 is 5.20. The first-order valence-corrected chi connectivity index (χ1v) is 7.76. The molecule has 0 N–H and O–H groups in total. The molecule has 18 heavy (non-hydrogen) atoms. The number of unbranched alkanes of at least 4 members (excludes halogenated alkanes) is 9. The van der Waals surface area contributed by atoms with Gasteiger partial charge in [-0.3, -0.25) is 4.79 Å². The Labute approximate surface area is 113 Å². The van der Waals surface area contributed by atoms with E-state index in [1.54, 1.807) is 0 Å². The zero-order valence-corrected chi connectivity index (χ0v) is 12.2. The summed E-state index contributed by atoms with van der Waals surface area (Å²) in [6, 6.07) is 0. The molecule has 107 valence electrons. The molecule has 0 spiro atoms. The third kappa shape index (κ3) is 13.5. The van der Waals surface area contributed by atoms with Crippen molar-refractivity contribution in [2.75, 3.05) is 6.61 Å². The largest absolute Gasteiger partial charge is 0.466 e. The summed E-state index contributed by atoms with van der Waals surface area (Å²) in [5.74, 6) is -0.0110. The molecule has 0 aromatic heterocycles. The van der Waals surface area contributed by atoms with Crippen LogP contribution >= 0.6 is 0 Å². The summed E-state index contributed by atoms with van der Waals surface area (Å²) >= 11 is 0. The van der Waals surface area contributed by atoms with Gasteiger partial charge in [-0.05, 0) is 12.8 Å². The molecule has 2 heteroatoms. The second-order valence-corrected chi connectivity index (χ2v) is 5.01. The van der Waals surface area contributed by atoms with Crippen molar-refractivity contribution in [3.63, 3.8) is 0 Å². The van der Waals surface area contributed by atoms with Crippen molar-refractivity contribution in [2.24, 2.45) is 0 Å². The van der Waals surface area contributed by atoms with E-state index in [9.17, 15) is 4.79 Å². The molecule has 0 bridgehead atoms. The van der Waals surface area contributed by atoms with Crippen LogP contribution in [-0.4, -0.2) is 12.6 Å². The van der Waals surface area contributed by atoms with Gasteiger partial charge in [-0.1, -0.05) is 71.6 Å². The minimum absolute atomic E-state index is 0.0110. The fraction of sp³-hybridized carbons (Fsp3) is 0.875. The summed E-state index contributed by atoms with van der Waals surface area (Å²) in [7, 11) is 0. The van der Waals surface area contributed by atoms with E-state index in [0.29, 0.717) is 13.0 Å². The van der Waals surface area contributed by atoms with Gasteiger partial charge in [0.15, 0.2) is 0 Å². The van der Waals surface area contributed by atoms with Crippen LogP contribution in [0.2, 0.25) is 0 Å². The molecule has 0 aromatic rings. The Bertz CT molecular complexity index is 178. The normalized spacial score (nSPS) is 10.6. The number of hydrogen-bond acceptors (Lipinski definition) is 2. The van der Waals surface area contributed by atoms with Crippen LogP contribution in [0.4, 0.5) is 0 Å². The van der Waals surface area contributed by atoms with E-state index >= 15 is 0 Å². The van der Waals surface area contributed by atoms with Crippen LogP contribution in [0.15, 0.2) is 0 Å². The summed E-state index contributed by atoms with van der Waals surface area (Å²) in [6.45, 7) is 6.62. The highest BCUT2D eigenvalue weighted by molar-refractivity contribution is 5.69. The van der Waals surface area contributed by atoms with Gasteiger partial charge in [-0.25, -0.2) is 0 Å². The van der Waals surface area contributed by atoms with Crippen molar-refractivity contribution >= 4 is 5.97 Å². The standard InChI is InChI=1S/C16H31O2/c1-3-5-7-9-10-11-13-15-18-16(17)14-12-8-6-4-2/h1,3-15H2,2H3. The molecule has 0 aliphatic carbocycles. The van der Waals surface area contributed by atoms with Crippen LogP contribution in [-0.2, 0) is 9.53 Å². The molecule has 0 aliphatic rings. The molecular weight excluding hydrogens is 224 g/mol. The third-order valence-electron chi connectivity index (χ3n) is 3.14. The van der Waals surface area contributed by atoms with E-state index in [0.717, 1.165) is 25.7 Å².